The van der Waals surface area contributed by atoms with E-state index in [9.17, 15) is 5.11 Å². The molecule has 0 aliphatic rings. The van der Waals surface area contributed by atoms with Gasteiger partial charge in [-0.2, -0.15) is 0 Å². The Labute approximate surface area is 190 Å². The first-order valence-corrected chi connectivity index (χ1v) is 11.0. The average molecular weight is 424 g/mol. The van der Waals surface area contributed by atoms with Gasteiger partial charge in [-0.15, -0.1) is 0 Å². The monoisotopic (exact) mass is 423 g/mol. The summed E-state index contributed by atoms with van der Waals surface area (Å²) in [7, 11) is 0. The molecular formula is C29H29NO2. The van der Waals surface area contributed by atoms with Gasteiger partial charge < -0.3 is 15.2 Å². The molecule has 1 atom stereocenters. The van der Waals surface area contributed by atoms with E-state index in [1.54, 1.807) is 0 Å². The number of hydrogen-bond acceptors (Lipinski definition) is 3. The zero-order chi connectivity index (χ0) is 22.0. The molecule has 0 aliphatic carbocycles. The molecule has 0 fully saturated rings. The molecule has 0 aromatic heterocycles. The average Bonchev–Trinajstić information content (AvgIpc) is 2.87. The normalized spacial score (nSPS) is 12.2. The lowest BCUT2D eigenvalue weighted by Crippen LogP contribution is -2.34. The molecule has 0 bridgehead atoms. The molecule has 4 rings (SSSR count). The second-order valence-corrected chi connectivity index (χ2v) is 7.85. The van der Waals surface area contributed by atoms with E-state index >= 15 is 0 Å². The molecule has 1 unspecified atom stereocenters. The van der Waals surface area contributed by atoms with Crippen LogP contribution in [0.5, 0.6) is 0 Å². The highest BCUT2D eigenvalue weighted by Gasteiger charge is 2.18. The van der Waals surface area contributed by atoms with Gasteiger partial charge in [0.2, 0.25) is 0 Å². The van der Waals surface area contributed by atoms with Crippen molar-refractivity contribution in [2.75, 3.05) is 13.2 Å². The van der Waals surface area contributed by atoms with Crippen LogP contribution in [0, 0.1) is 0 Å². The van der Waals surface area contributed by atoms with Gasteiger partial charge in [0.05, 0.1) is 18.8 Å². The Balaban J connectivity index is 1.42. The lowest BCUT2D eigenvalue weighted by Gasteiger charge is -2.24. The lowest BCUT2D eigenvalue weighted by atomic mass is 9.98. The first-order valence-electron chi connectivity index (χ1n) is 11.0. The summed E-state index contributed by atoms with van der Waals surface area (Å²) in [6.07, 6.45) is -0.856. The summed E-state index contributed by atoms with van der Waals surface area (Å²) in [5, 5.41) is 14.3. The fraction of sp³-hybridized carbons (Fsp3) is 0.172. The van der Waals surface area contributed by atoms with Crippen LogP contribution in [0.3, 0.4) is 0 Å². The lowest BCUT2D eigenvalue weighted by molar-refractivity contribution is 0.00599. The van der Waals surface area contributed by atoms with Crippen LogP contribution in [0.25, 0.3) is 0 Å². The molecule has 4 aromatic carbocycles. The van der Waals surface area contributed by atoms with Crippen LogP contribution in [0.15, 0.2) is 121 Å². The minimum absolute atomic E-state index is 0.00564. The van der Waals surface area contributed by atoms with Crippen molar-refractivity contribution in [3.63, 3.8) is 0 Å². The van der Waals surface area contributed by atoms with Crippen LogP contribution in [-0.4, -0.2) is 24.4 Å². The maximum atomic E-state index is 10.7. The van der Waals surface area contributed by atoms with Crippen molar-refractivity contribution in [3.05, 3.63) is 144 Å². The Morgan fingerprint density at radius 2 is 0.938 bits per heavy atom. The van der Waals surface area contributed by atoms with E-state index in [1.165, 1.54) is 11.1 Å². The highest BCUT2D eigenvalue weighted by atomic mass is 16.5. The van der Waals surface area contributed by atoms with Crippen molar-refractivity contribution in [1.82, 2.24) is 5.32 Å². The molecule has 32 heavy (non-hydrogen) atoms. The standard InChI is InChI=1S/C29H29NO2/c31-27(21-30-28(23-13-5-1-6-14-23)24-15-7-2-8-16-24)22-32-29(25-17-9-3-10-18-25)26-19-11-4-12-20-26/h1-20,27-31H,21-22H2. The first-order chi connectivity index (χ1) is 15.8. The Bertz CT molecular complexity index is 874. The first kappa shape index (κ1) is 22.0. The van der Waals surface area contributed by atoms with Gasteiger partial charge in [0.25, 0.3) is 0 Å². The van der Waals surface area contributed by atoms with E-state index < -0.39 is 6.10 Å². The number of nitrogens with one attached hydrogen (secondary N) is 1. The topological polar surface area (TPSA) is 41.5 Å². The third-order valence-corrected chi connectivity index (χ3v) is 5.48. The molecule has 3 heteroatoms. The SMILES string of the molecule is OC(CNC(c1ccccc1)c1ccccc1)COC(c1ccccc1)c1ccccc1. The Kier molecular flexibility index (Phi) is 7.83. The third kappa shape index (κ3) is 5.92. The zero-order valence-corrected chi connectivity index (χ0v) is 18.0. The minimum Gasteiger partial charge on any atom is -0.389 e. The van der Waals surface area contributed by atoms with Crippen LogP contribution in [0.1, 0.15) is 34.4 Å². The van der Waals surface area contributed by atoms with Crippen molar-refractivity contribution in [2.24, 2.45) is 0 Å². The van der Waals surface area contributed by atoms with Gasteiger partial charge in [0, 0.05) is 6.54 Å². The number of benzene rings is 4. The van der Waals surface area contributed by atoms with E-state index in [-0.39, 0.29) is 18.8 Å². The molecule has 0 spiro atoms. The predicted molar refractivity (Wildman–Crippen MR) is 129 cm³/mol. The highest BCUT2D eigenvalue weighted by molar-refractivity contribution is 5.32. The van der Waals surface area contributed by atoms with Crippen LogP contribution in [0.2, 0.25) is 0 Å². The zero-order valence-electron chi connectivity index (χ0n) is 18.0. The maximum Gasteiger partial charge on any atom is 0.108 e. The van der Waals surface area contributed by atoms with Crippen molar-refractivity contribution in [2.45, 2.75) is 18.2 Å². The van der Waals surface area contributed by atoms with Crippen molar-refractivity contribution in [3.8, 4) is 0 Å². The van der Waals surface area contributed by atoms with Gasteiger partial charge in [-0.25, -0.2) is 0 Å². The fourth-order valence-corrected chi connectivity index (χ4v) is 3.88. The molecule has 0 amide bonds. The summed E-state index contributed by atoms with van der Waals surface area (Å²) >= 11 is 0. The number of rotatable bonds is 10. The van der Waals surface area contributed by atoms with E-state index in [1.807, 2.05) is 72.8 Å². The largest absolute Gasteiger partial charge is 0.389 e. The van der Waals surface area contributed by atoms with Crippen LogP contribution in [0.4, 0.5) is 0 Å². The van der Waals surface area contributed by atoms with Gasteiger partial charge in [-0.05, 0) is 22.3 Å². The van der Waals surface area contributed by atoms with Gasteiger partial charge >= 0.3 is 0 Å². The molecule has 3 nitrogen and oxygen atoms in total. The summed E-state index contributed by atoms with van der Waals surface area (Å²) in [6, 6.07) is 40.9. The van der Waals surface area contributed by atoms with E-state index in [0.717, 1.165) is 11.1 Å². The number of ether oxygens (including phenoxy) is 1. The summed E-state index contributed by atoms with van der Waals surface area (Å²) in [5.41, 5.74) is 4.48. The van der Waals surface area contributed by atoms with Crippen LogP contribution < -0.4 is 5.32 Å². The number of aliphatic hydroxyl groups excluding tert-OH is 1. The second kappa shape index (κ2) is 11.4. The summed E-state index contributed by atoms with van der Waals surface area (Å²) in [4.78, 5) is 0. The second-order valence-electron chi connectivity index (χ2n) is 7.85. The number of aliphatic hydroxyl groups is 1. The third-order valence-electron chi connectivity index (χ3n) is 5.48. The van der Waals surface area contributed by atoms with Gasteiger partial charge in [-0.3, -0.25) is 0 Å². The van der Waals surface area contributed by atoms with E-state index in [4.69, 9.17) is 4.74 Å². The van der Waals surface area contributed by atoms with E-state index in [2.05, 4.69) is 53.8 Å². The van der Waals surface area contributed by atoms with Crippen LogP contribution in [-0.2, 0) is 4.74 Å². The molecule has 4 aromatic rings. The summed E-state index contributed by atoms with van der Waals surface area (Å²) in [6.45, 7) is 0.655. The quantitative estimate of drug-likeness (QED) is 0.352. The Morgan fingerprint density at radius 1 is 0.562 bits per heavy atom. The highest BCUT2D eigenvalue weighted by Crippen LogP contribution is 2.26. The van der Waals surface area contributed by atoms with Gasteiger partial charge in [-0.1, -0.05) is 121 Å². The molecule has 0 radical (unpaired) electrons. The molecule has 0 saturated carbocycles. The van der Waals surface area contributed by atoms with Crippen molar-refractivity contribution in [1.29, 1.82) is 0 Å². The van der Waals surface area contributed by atoms with Crippen LogP contribution >= 0.6 is 0 Å². The summed E-state index contributed by atoms with van der Waals surface area (Å²) < 4.78 is 6.23. The molecule has 0 saturated heterocycles. The van der Waals surface area contributed by atoms with Crippen molar-refractivity contribution >= 4 is 0 Å². The fourth-order valence-electron chi connectivity index (χ4n) is 3.88. The summed E-state index contributed by atoms with van der Waals surface area (Å²) in [5.74, 6) is 0. The predicted octanol–water partition coefficient (Wildman–Crippen LogP) is 5.53. The molecule has 162 valence electrons. The maximum absolute atomic E-state index is 10.7. The number of hydrogen-bond donors (Lipinski definition) is 2. The smallest absolute Gasteiger partial charge is 0.108 e. The van der Waals surface area contributed by atoms with Gasteiger partial charge in [0.15, 0.2) is 0 Å². The van der Waals surface area contributed by atoms with E-state index in [0.29, 0.717) is 6.54 Å². The molecule has 2 N–H and O–H groups in total. The Hall–Kier alpha value is -3.24. The minimum atomic E-state index is -0.639. The molecular weight excluding hydrogens is 394 g/mol. The van der Waals surface area contributed by atoms with Gasteiger partial charge in [0.1, 0.15) is 6.10 Å². The Morgan fingerprint density at radius 3 is 1.34 bits per heavy atom. The molecule has 0 aliphatic heterocycles. The van der Waals surface area contributed by atoms with Crippen molar-refractivity contribution < 1.29 is 9.84 Å². The molecule has 0 heterocycles.